The molecule has 0 bridgehead atoms. The minimum atomic E-state index is -0.907. The van der Waals surface area contributed by atoms with Crippen molar-refractivity contribution in [1.29, 1.82) is 0 Å². The normalized spacial score (nSPS) is 10.4. The largest absolute Gasteiger partial charge is 0.417 e. The Hall–Kier alpha value is -2.70. The van der Waals surface area contributed by atoms with Crippen LogP contribution in [-0.4, -0.2) is 10.8 Å². The Labute approximate surface area is 93.6 Å². The summed E-state index contributed by atoms with van der Waals surface area (Å²) in [6.45, 7) is 0. The van der Waals surface area contributed by atoms with Crippen molar-refractivity contribution in [1.82, 2.24) is 0 Å². The Morgan fingerprint density at radius 1 is 1.35 bits per heavy atom. The highest BCUT2D eigenvalue weighted by atomic mass is 16.6. The summed E-state index contributed by atoms with van der Waals surface area (Å²) < 4.78 is 4.65. The van der Waals surface area contributed by atoms with Crippen LogP contribution in [0, 0.1) is 10.1 Å². The van der Waals surface area contributed by atoms with E-state index in [0.29, 0.717) is 0 Å². The third kappa shape index (κ3) is 1.85. The van der Waals surface area contributed by atoms with Crippen molar-refractivity contribution in [2.24, 2.45) is 5.73 Å². The molecule has 1 aromatic heterocycles. The molecule has 0 aliphatic heterocycles. The molecule has 0 atom stereocenters. The smallest absolute Gasteiger partial charge is 0.344 e. The van der Waals surface area contributed by atoms with E-state index in [-0.39, 0.29) is 22.2 Å². The zero-order valence-electron chi connectivity index (χ0n) is 8.38. The fraction of sp³-hybridized carbons (Fsp3) is 0. The molecule has 1 aromatic carbocycles. The van der Waals surface area contributed by atoms with Gasteiger partial charge >= 0.3 is 5.63 Å². The van der Waals surface area contributed by atoms with E-state index in [2.05, 4.69) is 4.42 Å². The first-order valence-corrected chi connectivity index (χ1v) is 4.51. The van der Waals surface area contributed by atoms with Gasteiger partial charge in [-0.25, -0.2) is 4.79 Å². The number of benzene rings is 1. The van der Waals surface area contributed by atoms with Gasteiger partial charge < -0.3 is 10.2 Å². The maximum atomic E-state index is 11.4. The van der Waals surface area contributed by atoms with Gasteiger partial charge in [0.05, 0.1) is 10.3 Å². The molecular formula is C10H6N2O5. The molecular weight excluding hydrogens is 228 g/mol. The van der Waals surface area contributed by atoms with Crippen molar-refractivity contribution in [3.05, 3.63) is 50.6 Å². The zero-order chi connectivity index (χ0) is 12.6. The zero-order valence-corrected chi connectivity index (χ0v) is 8.38. The van der Waals surface area contributed by atoms with Crippen LogP contribution in [-0.2, 0) is 0 Å². The molecule has 7 nitrogen and oxygen atoms in total. The number of nitro groups is 1. The van der Waals surface area contributed by atoms with Crippen LogP contribution in [0.1, 0.15) is 10.6 Å². The second-order valence-corrected chi connectivity index (χ2v) is 3.29. The molecule has 0 fully saturated rings. The number of carbonyl (C=O) groups excluding carboxylic acids is 1. The Kier molecular flexibility index (Phi) is 2.36. The fourth-order valence-corrected chi connectivity index (χ4v) is 1.42. The van der Waals surface area contributed by atoms with Gasteiger partial charge in [0.25, 0.3) is 11.6 Å². The number of fused-ring (bicyclic) bond motifs is 1. The van der Waals surface area contributed by atoms with Crippen LogP contribution in [0.4, 0.5) is 5.69 Å². The molecule has 1 amide bonds. The second kappa shape index (κ2) is 3.71. The molecule has 2 aromatic rings. The molecule has 0 aliphatic carbocycles. The predicted octanol–water partition coefficient (Wildman–Crippen LogP) is 0.800. The summed E-state index contributed by atoms with van der Waals surface area (Å²) in [6, 6.07) is 4.83. The molecule has 2 N–H and O–H groups in total. The highest BCUT2D eigenvalue weighted by molar-refractivity contribution is 5.94. The molecule has 0 saturated carbocycles. The van der Waals surface area contributed by atoms with E-state index in [1.54, 1.807) is 0 Å². The molecule has 0 unspecified atom stereocenters. The third-order valence-electron chi connectivity index (χ3n) is 2.20. The summed E-state index contributed by atoms with van der Waals surface area (Å²) in [5, 5.41) is 11.0. The first kappa shape index (κ1) is 10.8. The van der Waals surface area contributed by atoms with Crippen LogP contribution in [0.2, 0.25) is 0 Å². The summed E-state index contributed by atoms with van der Waals surface area (Å²) in [5.41, 5.74) is 4.03. The lowest BCUT2D eigenvalue weighted by Gasteiger charge is -1.98. The van der Waals surface area contributed by atoms with E-state index in [1.165, 1.54) is 24.3 Å². The van der Waals surface area contributed by atoms with E-state index in [0.717, 1.165) is 0 Å². The molecule has 1 heterocycles. The quantitative estimate of drug-likeness (QED) is 0.609. The second-order valence-electron chi connectivity index (χ2n) is 3.29. The van der Waals surface area contributed by atoms with Crippen LogP contribution < -0.4 is 11.4 Å². The number of amides is 1. The summed E-state index contributed by atoms with van der Waals surface area (Å²) in [4.78, 5) is 32.3. The maximum absolute atomic E-state index is 11.4. The molecule has 0 radical (unpaired) electrons. The lowest BCUT2D eigenvalue weighted by molar-refractivity contribution is -0.384. The van der Waals surface area contributed by atoms with Crippen molar-refractivity contribution in [3.63, 3.8) is 0 Å². The van der Waals surface area contributed by atoms with Crippen molar-refractivity contribution in [2.45, 2.75) is 0 Å². The molecule has 0 aliphatic rings. The standard InChI is InChI=1S/C10H6N2O5/c11-9(13)8-4-5-3-6(12(15)16)1-2-7(5)10(14)17-8/h1-4H,(H2,11,13). The van der Waals surface area contributed by atoms with Crippen molar-refractivity contribution < 1.29 is 14.1 Å². The van der Waals surface area contributed by atoms with Gasteiger partial charge in [0.15, 0.2) is 5.76 Å². The number of primary amides is 1. The number of rotatable bonds is 2. The molecule has 7 heteroatoms. The van der Waals surface area contributed by atoms with E-state index >= 15 is 0 Å². The average Bonchev–Trinajstić information content (AvgIpc) is 2.27. The van der Waals surface area contributed by atoms with Crippen LogP contribution in [0.5, 0.6) is 0 Å². The fourth-order valence-electron chi connectivity index (χ4n) is 1.42. The first-order valence-electron chi connectivity index (χ1n) is 4.51. The van der Waals surface area contributed by atoms with Gasteiger partial charge in [-0.2, -0.15) is 0 Å². The van der Waals surface area contributed by atoms with Crippen molar-refractivity contribution >= 4 is 22.4 Å². The lowest BCUT2D eigenvalue weighted by atomic mass is 10.1. The highest BCUT2D eigenvalue weighted by Gasteiger charge is 2.12. The Bertz CT molecular complexity index is 683. The SMILES string of the molecule is NC(=O)c1cc2cc([N+](=O)[O-])ccc2c(=O)o1. The highest BCUT2D eigenvalue weighted by Crippen LogP contribution is 2.19. The van der Waals surface area contributed by atoms with Crippen LogP contribution in [0.25, 0.3) is 10.8 Å². The van der Waals surface area contributed by atoms with Gasteiger partial charge in [-0.05, 0) is 17.5 Å². The molecule has 0 spiro atoms. The Morgan fingerprint density at radius 2 is 2.06 bits per heavy atom. The minimum absolute atomic E-state index is 0.153. The van der Waals surface area contributed by atoms with E-state index in [1.807, 2.05) is 0 Å². The van der Waals surface area contributed by atoms with Gasteiger partial charge in [0, 0.05) is 12.1 Å². The topological polar surface area (TPSA) is 116 Å². The number of hydrogen-bond acceptors (Lipinski definition) is 5. The molecule has 2 rings (SSSR count). The molecule has 0 saturated heterocycles. The van der Waals surface area contributed by atoms with Crippen molar-refractivity contribution in [2.75, 3.05) is 0 Å². The van der Waals surface area contributed by atoms with Gasteiger partial charge in [-0.15, -0.1) is 0 Å². The lowest BCUT2D eigenvalue weighted by Crippen LogP contribution is -2.14. The monoisotopic (exact) mass is 234 g/mol. The molecule has 86 valence electrons. The third-order valence-corrected chi connectivity index (χ3v) is 2.20. The van der Waals surface area contributed by atoms with Crippen molar-refractivity contribution in [3.8, 4) is 0 Å². The minimum Gasteiger partial charge on any atom is -0.417 e. The Balaban J connectivity index is 2.79. The summed E-state index contributed by atoms with van der Waals surface area (Å²) in [7, 11) is 0. The van der Waals surface area contributed by atoms with E-state index in [9.17, 15) is 19.7 Å². The van der Waals surface area contributed by atoms with Crippen LogP contribution in [0.15, 0.2) is 33.5 Å². The summed E-state index contributed by atoms with van der Waals surface area (Å²) >= 11 is 0. The Morgan fingerprint density at radius 3 is 2.65 bits per heavy atom. The van der Waals surface area contributed by atoms with Crippen LogP contribution in [0.3, 0.4) is 0 Å². The summed E-state index contributed by atoms with van der Waals surface area (Å²) in [5.74, 6) is -1.24. The van der Waals surface area contributed by atoms with E-state index in [4.69, 9.17) is 5.73 Å². The average molecular weight is 234 g/mol. The number of nitrogens with two attached hydrogens (primary N) is 1. The summed E-state index contributed by atoms with van der Waals surface area (Å²) in [6.07, 6.45) is 0. The van der Waals surface area contributed by atoms with Gasteiger partial charge in [0.1, 0.15) is 0 Å². The van der Waals surface area contributed by atoms with Gasteiger partial charge in [0.2, 0.25) is 0 Å². The van der Waals surface area contributed by atoms with Gasteiger partial charge in [-0.3, -0.25) is 14.9 Å². The predicted molar refractivity (Wildman–Crippen MR) is 57.7 cm³/mol. The first-order chi connectivity index (χ1) is 7.99. The number of nitro benzene ring substituents is 1. The number of carbonyl (C=O) groups is 1. The van der Waals surface area contributed by atoms with Crippen LogP contribution >= 0.6 is 0 Å². The van der Waals surface area contributed by atoms with Gasteiger partial charge in [-0.1, -0.05) is 0 Å². The number of hydrogen-bond donors (Lipinski definition) is 1. The molecule has 17 heavy (non-hydrogen) atoms. The van der Waals surface area contributed by atoms with E-state index < -0.39 is 16.5 Å². The number of non-ortho nitro benzene ring substituents is 1. The number of nitrogens with zero attached hydrogens (tertiary/aromatic N) is 1. The maximum Gasteiger partial charge on any atom is 0.344 e.